The fourth-order valence-electron chi connectivity index (χ4n) is 1.15. The van der Waals surface area contributed by atoms with E-state index in [-0.39, 0.29) is 12.5 Å². The van der Waals surface area contributed by atoms with Gasteiger partial charge in [0.25, 0.3) is 0 Å². The van der Waals surface area contributed by atoms with Gasteiger partial charge in [0.15, 0.2) is 0 Å². The van der Waals surface area contributed by atoms with Crippen LogP contribution in [-0.4, -0.2) is 18.8 Å². The molecule has 0 bridgehead atoms. The maximum Gasteiger partial charge on any atom is 0.389 e. The zero-order valence-corrected chi connectivity index (χ0v) is 9.12. The summed E-state index contributed by atoms with van der Waals surface area (Å²) < 4.78 is 35.4. The van der Waals surface area contributed by atoms with Crippen molar-refractivity contribution in [1.82, 2.24) is 5.32 Å². The van der Waals surface area contributed by atoms with Crippen LogP contribution in [0.1, 0.15) is 40.0 Å². The molecule has 0 aliphatic heterocycles. The van der Waals surface area contributed by atoms with Gasteiger partial charge in [0, 0.05) is 12.5 Å². The number of nitrogens with one attached hydrogen (secondary N) is 1. The maximum absolute atomic E-state index is 11.8. The topological polar surface area (TPSA) is 12.0 Å². The highest BCUT2D eigenvalue weighted by Crippen LogP contribution is 2.22. The van der Waals surface area contributed by atoms with Gasteiger partial charge < -0.3 is 5.32 Å². The van der Waals surface area contributed by atoms with Crippen LogP contribution in [0.5, 0.6) is 0 Å². The Morgan fingerprint density at radius 1 is 1.14 bits per heavy atom. The molecule has 0 heterocycles. The minimum absolute atomic E-state index is 0.180. The first-order valence-electron chi connectivity index (χ1n) is 5.11. The molecule has 4 heteroatoms. The van der Waals surface area contributed by atoms with Gasteiger partial charge in [-0.2, -0.15) is 13.2 Å². The van der Waals surface area contributed by atoms with Gasteiger partial charge in [0.1, 0.15) is 0 Å². The van der Waals surface area contributed by atoms with Crippen LogP contribution in [-0.2, 0) is 0 Å². The Kier molecular flexibility index (Phi) is 6.16. The van der Waals surface area contributed by atoms with Crippen LogP contribution in [0.25, 0.3) is 0 Å². The van der Waals surface area contributed by atoms with Crippen molar-refractivity contribution in [1.29, 1.82) is 0 Å². The van der Waals surface area contributed by atoms with Crippen molar-refractivity contribution in [2.24, 2.45) is 5.92 Å². The SMILES string of the molecule is CC(C)CNC(C)CCCC(F)(F)F. The molecule has 1 atom stereocenters. The molecule has 1 N–H and O–H groups in total. The summed E-state index contributed by atoms with van der Waals surface area (Å²) in [5, 5.41) is 3.20. The molecule has 0 saturated carbocycles. The molecule has 0 saturated heterocycles. The molecule has 0 spiro atoms. The van der Waals surface area contributed by atoms with Gasteiger partial charge in [-0.3, -0.25) is 0 Å². The molecule has 0 aromatic carbocycles. The third kappa shape index (κ3) is 9.84. The summed E-state index contributed by atoms with van der Waals surface area (Å²) in [5.41, 5.74) is 0. The first kappa shape index (κ1) is 13.8. The number of rotatable bonds is 6. The standard InChI is InChI=1S/C10H20F3N/c1-8(2)7-14-9(3)5-4-6-10(11,12)13/h8-9,14H,4-7H2,1-3H3. The lowest BCUT2D eigenvalue weighted by Gasteiger charge is -2.15. The third-order valence-corrected chi connectivity index (χ3v) is 1.97. The lowest BCUT2D eigenvalue weighted by Crippen LogP contribution is -2.29. The van der Waals surface area contributed by atoms with E-state index >= 15 is 0 Å². The highest BCUT2D eigenvalue weighted by molar-refractivity contribution is 4.63. The minimum atomic E-state index is -4.00. The van der Waals surface area contributed by atoms with Gasteiger partial charge in [-0.05, 0) is 32.2 Å². The second kappa shape index (κ2) is 6.27. The third-order valence-electron chi connectivity index (χ3n) is 1.97. The second-order valence-electron chi connectivity index (χ2n) is 4.21. The summed E-state index contributed by atoms with van der Waals surface area (Å²) >= 11 is 0. The van der Waals surface area contributed by atoms with E-state index in [1.54, 1.807) is 0 Å². The number of alkyl halides is 3. The van der Waals surface area contributed by atoms with Crippen LogP contribution in [0.4, 0.5) is 13.2 Å². The van der Waals surface area contributed by atoms with E-state index in [1.165, 1.54) is 0 Å². The summed E-state index contributed by atoms with van der Waals surface area (Å²) in [7, 11) is 0. The molecule has 0 aromatic rings. The fraction of sp³-hybridized carbons (Fsp3) is 1.00. The first-order valence-corrected chi connectivity index (χ1v) is 5.11. The van der Waals surface area contributed by atoms with Crippen LogP contribution in [0.3, 0.4) is 0 Å². The molecule has 1 unspecified atom stereocenters. The Bertz CT molecular complexity index is 143. The Morgan fingerprint density at radius 2 is 1.71 bits per heavy atom. The predicted molar refractivity (Wildman–Crippen MR) is 52.2 cm³/mol. The van der Waals surface area contributed by atoms with Crippen LogP contribution in [0, 0.1) is 5.92 Å². The molecule has 0 radical (unpaired) electrons. The lowest BCUT2D eigenvalue weighted by atomic mass is 10.1. The highest BCUT2D eigenvalue weighted by Gasteiger charge is 2.26. The Balaban J connectivity index is 3.40. The van der Waals surface area contributed by atoms with E-state index in [1.807, 2.05) is 6.92 Å². The number of hydrogen-bond acceptors (Lipinski definition) is 1. The quantitative estimate of drug-likeness (QED) is 0.710. The Labute approximate surface area is 84.1 Å². The molecule has 1 nitrogen and oxygen atoms in total. The molecule has 0 aliphatic rings. The zero-order chi connectivity index (χ0) is 11.2. The predicted octanol–water partition coefficient (Wildman–Crippen LogP) is 3.35. The highest BCUT2D eigenvalue weighted by atomic mass is 19.4. The smallest absolute Gasteiger partial charge is 0.314 e. The number of halogens is 3. The van der Waals surface area contributed by atoms with Crippen molar-refractivity contribution in [3.8, 4) is 0 Å². The normalized spacial score (nSPS) is 14.8. The van der Waals surface area contributed by atoms with Gasteiger partial charge in [-0.1, -0.05) is 13.8 Å². The van der Waals surface area contributed by atoms with Crippen LogP contribution in [0.2, 0.25) is 0 Å². The first-order chi connectivity index (χ1) is 6.31. The molecule has 0 rings (SSSR count). The minimum Gasteiger partial charge on any atom is -0.314 e. The molecule has 0 aliphatic carbocycles. The van der Waals surface area contributed by atoms with E-state index in [0.29, 0.717) is 12.3 Å². The van der Waals surface area contributed by atoms with E-state index in [9.17, 15) is 13.2 Å². The van der Waals surface area contributed by atoms with Gasteiger partial charge in [0.2, 0.25) is 0 Å². The largest absolute Gasteiger partial charge is 0.389 e. The molecule has 0 fully saturated rings. The van der Waals surface area contributed by atoms with E-state index in [2.05, 4.69) is 19.2 Å². The fourth-order valence-corrected chi connectivity index (χ4v) is 1.15. The molecule has 14 heavy (non-hydrogen) atoms. The molecule has 86 valence electrons. The van der Waals surface area contributed by atoms with Gasteiger partial charge in [-0.15, -0.1) is 0 Å². The maximum atomic E-state index is 11.8. The van der Waals surface area contributed by atoms with Gasteiger partial charge in [-0.25, -0.2) is 0 Å². The van der Waals surface area contributed by atoms with E-state index in [0.717, 1.165) is 6.54 Å². The molecule has 0 aromatic heterocycles. The van der Waals surface area contributed by atoms with Crippen LogP contribution < -0.4 is 5.32 Å². The summed E-state index contributed by atoms with van der Waals surface area (Å²) in [6.07, 6.45) is -3.86. The van der Waals surface area contributed by atoms with Crippen molar-refractivity contribution in [2.45, 2.75) is 52.3 Å². The van der Waals surface area contributed by atoms with Gasteiger partial charge in [0.05, 0.1) is 0 Å². The van der Waals surface area contributed by atoms with Crippen molar-refractivity contribution in [3.05, 3.63) is 0 Å². The van der Waals surface area contributed by atoms with Crippen LogP contribution in [0.15, 0.2) is 0 Å². The summed E-state index contributed by atoms with van der Waals surface area (Å²) in [6, 6.07) is 0.180. The molecular weight excluding hydrogens is 191 g/mol. The van der Waals surface area contributed by atoms with Crippen molar-refractivity contribution >= 4 is 0 Å². The average molecular weight is 211 g/mol. The van der Waals surface area contributed by atoms with Crippen molar-refractivity contribution in [3.63, 3.8) is 0 Å². The van der Waals surface area contributed by atoms with Crippen molar-refractivity contribution in [2.75, 3.05) is 6.54 Å². The van der Waals surface area contributed by atoms with E-state index in [4.69, 9.17) is 0 Å². The summed E-state index contributed by atoms with van der Waals surface area (Å²) in [6.45, 7) is 6.96. The Hall–Kier alpha value is -0.250. The molecule has 0 amide bonds. The van der Waals surface area contributed by atoms with Crippen molar-refractivity contribution < 1.29 is 13.2 Å². The Morgan fingerprint density at radius 3 is 2.14 bits per heavy atom. The zero-order valence-electron chi connectivity index (χ0n) is 9.12. The lowest BCUT2D eigenvalue weighted by molar-refractivity contribution is -0.135. The monoisotopic (exact) mass is 211 g/mol. The second-order valence-corrected chi connectivity index (χ2v) is 4.21. The average Bonchev–Trinajstić information content (AvgIpc) is 1.98. The van der Waals surface area contributed by atoms with Gasteiger partial charge >= 0.3 is 6.18 Å². The molecular formula is C10H20F3N. The van der Waals surface area contributed by atoms with Crippen LogP contribution >= 0.6 is 0 Å². The summed E-state index contributed by atoms with van der Waals surface area (Å²) in [4.78, 5) is 0. The summed E-state index contributed by atoms with van der Waals surface area (Å²) in [5.74, 6) is 0.542. The van der Waals surface area contributed by atoms with E-state index < -0.39 is 12.6 Å². The number of hydrogen-bond donors (Lipinski definition) is 1.